The van der Waals surface area contributed by atoms with E-state index in [-0.39, 0.29) is 22.9 Å². The topological polar surface area (TPSA) is 117 Å². The molecule has 8 nitrogen and oxygen atoms in total. The van der Waals surface area contributed by atoms with Gasteiger partial charge in [-0.1, -0.05) is 27.7 Å². The summed E-state index contributed by atoms with van der Waals surface area (Å²) in [6, 6.07) is 1.50. The first-order chi connectivity index (χ1) is 9.90. The summed E-state index contributed by atoms with van der Waals surface area (Å²) in [5.74, 6) is -0.362. The molecular formula is C11H9BrN4O4S. The number of phenols is 1. The van der Waals surface area contributed by atoms with Crippen LogP contribution in [-0.2, 0) is 4.79 Å². The lowest BCUT2D eigenvalue weighted by molar-refractivity contribution is -0.386. The first-order valence-corrected chi connectivity index (χ1v) is 7.38. The summed E-state index contributed by atoms with van der Waals surface area (Å²) in [7, 11) is 0. The van der Waals surface area contributed by atoms with Crippen LogP contribution in [0, 0.1) is 17.0 Å². The molecule has 110 valence electrons. The van der Waals surface area contributed by atoms with Crippen LogP contribution in [0.1, 0.15) is 11.1 Å². The number of hydrogen-bond donors (Lipinski definition) is 2. The molecule has 0 spiro atoms. The summed E-state index contributed by atoms with van der Waals surface area (Å²) in [6.07, 6.45) is 1.19. The number of carbonyl (C=O) groups is 1. The Morgan fingerprint density at radius 1 is 1.62 bits per heavy atom. The Bertz CT molecular complexity index is 689. The fourth-order valence-electron chi connectivity index (χ4n) is 1.59. The first kappa shape index (κ1) is 15.4. The van der Waals surface area contributed by atoms with Crippen molar-refractivity contribution in [2.24, 2.45) is 10.2 Å². The summed E-state index contributed by atoms with van der Waals surface area (Å²) < 4.78 is 0.477. The van der Waals surface area contributed by atoms with Gasteiger partial charge in [0.25, 0.3) is 0 Å². The zero-order valence-corrected chi connectivity index (χ0v) is 13.1. The van der Waals surface area contributed by atoms with E-state index in [1.807, 2.05) is 0 Å². The molecule has 0 aromatic heterocycles. The van der Waals surface area contributed by atoms with Crippen molar-refractivity contribution in [2.45, 2.75) is 6.92 Å². The van der Waals surface area contributed by atoms with Crippen molar-refractivity contribution in [1.82, 2.24) is 5.32 Å². The Kier molecular flexibility index (Phi) is 4.58. The molecule has 2 N–H and O–H groups in total. The Morgan fingerprint density at radius 3 is 2.90 bits per heavy atom. The highest BCUT2D eigenvalue weighted by Gasteiger charge is 2.22. The van der Waals surface area contributed by atoms with Crippen molar-refractivity contribution in [3.05, 3.63) is 31.8 Å². The Hall–Kier alpha value is -1.94. The second-order valence-electron chi connectivity index (χ2n) is 4.01. The maximum atomic E-state index is 11.0. The van der Waals surface area contributed by atoms with Gasteiger partial charge in [-0.05, 0) is 13.0 Å². The van der Waals surface area contributed by atoms with Crippen LogP contribution in [0.2, 0.25) is 0 Å². The molecule has 1 aliphatic heterocycles. The minimum Gasteiger partial charge on any atom is -0.502 e. The van der Waals surface area contributed by atoms with Crippen LogP contribution < -0.4 is 5.32 Å². The van der Waals surface area contributed by atoms with Gasteiger partial charge in [-0.2, -0.15) is 5.10 Å². The van der Waals surface area contributed by atoms with E-state index in [2.05, 4.69) is 31.4 Å². The van der Waals surface area contributed by atoms with Gasteiger partial charge in [-0.25, -0.2) is 0 Å². The van der Waals surface area contributed by atoms with E-state index in [1.165, 1.54) is 31.0 Å². The minimum absolute atomic E-state index is 0.151. The zero-order chi connectivity index (χ0) is 15.6. The number of nitro groups is 1. The van der Waals surface area contributed by atoms with Crippen LogP contribution in [-0.4, -0.2) is 33.1 Å². The Morgan fingerprint density at radius 2 is 2.33 bits per heavy atom. The summed E-state index contributed by atoms with van der Waals surface area (Å²) in [5.41, 5.74) is 0.0828. The first-order valence-electron chi connectivity index (χ1n) is 5.60. The molecule has 10 heteroatoms. The summed E-state index contributed by atoms with van der Waals surface area (Å²) in [5, 5.41) is 31.2. The number of nitrogens with zero attached hydrogens (tertiary/aromatic N) is 3. The fraction of sp³-hybridized carbons (Fsp3) is 0.182. The van der Waals surface area contributed by atoms with E-state index in [0.29, 0.717) is 15.2 Å². The number of nitro benzene ring substituents is 1. The van der Waals surface area contributed by atoms with Crippen molar-refractivity contribution < 1.29 is 14.8 Å². The molecule has 0 saturated carbocycles. The second kappa shape index (κ2) is 6.22. The number of amidine groups is 1. The molecule has 21 heavy (non-hydrogen) atoms. The lowest BCUT2D eigenvalue weighted by Crippen LogP contribution is -2.19. The Labute approximate surface area is 131 Å². The van der Waals surface area contributed by atoms with Crippen LogP contribution in [0.25, 0.3) is 0 Å². The maximum Gasteiger partial charge on any atom is 0.315 e. The van der Waals surface area contributed by atoms with E-state index in [0.717, 1.165) is 0 Å². The third-order valence-electron chi connectivity index (χ3n) is 2.61. The SMILES string of the molecule is Cc1c(Br)cc(C=NN=C2NC(=O)CS2)c(O)c1[N+](=O)[O-]. The lowest BCUT2D eigenvalue weighted by atomic mass is 10.1. The second-order valence-corrected chi connectivity index (χ2v) is 5.83. The molecule has 2 rings (SSSR count). The van der Waals surface area contributed by atoms with E-state index < -0.39 is 10.7 Å². The van der Waals surface area contributed by atoms with Gasteiger partial charge < -0.3 is 10.4 Å². The van der Waals surface area contributed by atoms with Gasteiger partial charge in [-0.15, -0.1) is 5.10 Å². The number of carbonyl (C=O) groups excluding carboxylic acids is 1. The maximum absolute atomic E-state index is 11.0. The number of halogens is 1. The number of phenolic OH excluding ortho intramolecular Hbond substituents is 1. The molecule has 0 unspecified atom stereocenters. The van der Waals surface area contributed by atoms with Gasteiger partial charge in [-0.3, -0.25) is 14.9 Å². The molecule has 0 aliphatic carbocycles. The number of hydrogen-bond acceptors (Lipinski definition) is 7. The fourth-order valence-corrected chi connectivity index (χ4v) is 2.65. The van der Waals surface area contributed by atoms with E-state index >= 15 is 0 Å². The van der Waals surface area contributed by atoms with Crippen molar-refractivity contribution in [1.29, 1.82) is 0 Å². The van der Waals surface area contributed by atoms with Crippen LogP contribution in [0.4, 0.5) is 5.69 Å². The summed E-state index contributed by atoms with van der Waals surface area (Å²) >= 11 is 4.39. The Balaban J connectivity index is 2.32. The van der Waals surface area contributed by atoms with E-state index in [9.17, 15) is 20.0 Å². The predicted octanol–water partition coefficient (Wildman–Crippen LogP) is 1.92. The van der Waals surface area contributed by atoms with Crippen LogP contribution >= 0.6 is 27.7 Å². The van der Waals surface area contributed by atoms with Crippen LogP contribution in [0.3, 0.4) is 0 Å². The number of aromatic hydroxyl groups is 1. The zero-order valence-electron chi connectivity index (χ0n) is 10.7. The third kappa shape index (κ3) is 3.39. The average Bonchev–Trinajstić information content (AvgIpc) is 2.81. The molecule has 0 bridgehead atoms. The minimum atomic E-state index is -0.661. The third-order valence-corrected chi connectivity index (χ3v) is 4.30. The van der Waals surface area contributed by atoms with Gasteiger partial charge in [0.05, 0.1) is 16.9 Å². The largest absolute Gasteiger partial charge is 0.502 e. The number of nitrogens with one attached hydrogen (secondary N) is 1. The molecule has 1 saturated heterocycles. The van der Waals surface area contributed by atoms with Crippen molar-refractivity contribution in [2.75, 3.05) is 5.75 Å². The highest BCUT2D eigenvalue weighted by Crippen LogP contribution is 2.37. The van der Waals surface area contributed by atoms with Crippen LogP contribution in [0.5, 0.6) is 5.75 Å². The molecule has 1 fully saturated rings. The highest BCUT2D eigenvalue weighted by molar-refractivity contribution is 9.10. The molecule has 1 heterocycles. The number of benzene rings is 1. The van der Waals surface area contributed by atoms with Crippen molar-refractivity contribution in [3.8, 4) is 5.75 Å². The highest BCUT2D eigenvalue weighted by atomic mass is 79.9. The lowest BCUT2D eigenvalue weighted by Gasteiger charge is -2.05. The summed E-state index contributed by atoms with van der Waals surface area (Å²) in [6.45, 7) is 1.52. The molecule has 1 amide bonds. The number of amides is 1. The van der Waals surface area contributed by atoms with Crippen LogP contribution in [0.15, 0.2) is 20.7 Å². The van der Waals surface area contributed by atoms with Gasteiger partial charge in [0.2, 0.25) is 11.7 Å². The molecule has 0 radical (unpaired) electrons. The summed E-state index contributed by atoms with van der Waals surface area (Å²) in [4.78, 5) is 21.3. The van der Waals surface area contributed by atoms with Gasteiger partial charge in [0, 0.05) is 15.6 Å². The number of rotatable bonds is 3. The average molecular weight is 373 g/mol. The van der Waals surface area contributed by atoms with Gasteiger partial charge in [0.15, 0.2) is 5.17 Å². The quantitative estimate of drug-likeness (QED) is 0.477. The van der Waals surface area contributed by atoms with Gasteiger partial charge in [0.1, 0.15) is 0 Å². The normalized spacial score (nSPS) is 16.7. The van der Waals surface area contributed by atoms with Crippen molar-refractivity contribution >= 4 is 50.7 Å². The smallest absolute Gasteiger partial charge is 0.315 e. The molecular weight excluding hydrogens is 364 g/mol. The van der Waals surface area contributed by atoms with Gasteiger partial charge >= 0.3 is 5.69 Å². The number of thioether (sulfide) groups is 1. The standard InChI is InChI=1S/C11H9BrN4O4S/c1-5-7(12)2-6(10(18)9(5)16(19)20)3-13-15-11-14-8(17)4-21-11/h2-3,18H,4H2,1H3,(H,14,15,17). The van der Waals surface area contributed by atoms with E-state index in [1.54, 1.807) is 0 Å². The van der Waals surface area contributed by atoms with E-state index in [4.69, 9.17) is 0 Å². The molecule has 1 aromatic carbocycles. The monoisotopic (exact) mass is 372 g/mol. The molecule has 0 atom stereocenters. The molecule has 1 aliphatic rings. The van der Waals surface area contributed by atoms with Crippen molar-refractivity contribution in [3.63, 3.8) is 0 Å². The predicted molar refractivity (Wildman–Crippen MR) is 82.8 cm³/mol. The molecule has 1 aromatic rings.